The van der Waals surface area contributed by atoms with Crippen LogP contribution in [0, 0.1) is 5.92 Å². The van der Waals surface area contributed by atoms with Gasteiger partial charge in [-0.15, -0.1) is 0 Å². The number of amides is 2. The van der Waals surface area contributed by atoms with Crippen LogP contribution >= 0.6 is 0 Å². The summed E-state index contributed by atoms with van der Waals surface area (Å²) in [4.78, 5) is 30.2. The third-order valence-corrected chi connectivity index (χ3v) is 5.79. The number of carbonyl (C=O) groups is 2. The topological polar surface area (TPSA) is 83.0 Å². The van der Waals surface area contributed by atoms with Crippen molar-refractivity contribution in [3.8, 4) is 0 Å². The lowest BCUT2D eigenvalue weighted by molar-refractivity contribution is -0.117. The molecule has 7 heteroatoms. The maximum absolute atomic E-state index is 13.0. The van der Waals surface area contributed by atoms with Crippen LogP contribution in [0.25, 0.3) is 10.9 Å². The quantitative estimate of drug-likeness (QED) is 0.732. The first kappa shape index (κ1) is 17.0. The molecule has 1 aromatic carbocycles. The highest BCUT2D eigenvalue weighted by Gasteiger charge is 2.31. The van der Waals surface area contributed by atoms with Crippen molar-refractivity contribution in [1.82, 2.24) is 19.7 Å². The van der Waals surface area contributed by atoms with Crippen LogP contribution in [0.3, 0.4) is 0 Å². The summed E-state index contributed by atoms with van der Waals surface area (Å²) in [6.07, 6.45) is 7.14. The van der Waals surface area contributed by atoms with Crippen molar-refractivity contribution in [2.75, 3.05) is 18.4 Å². The Balaban J connectivity index is 1.26. The normalized spacial score (nSPS) is 17.8. The fourth-order valence-electron chi connectivity index (χ4n) is 4.01. The highest BCUT2D eigenvalue weighted by molar-refractivity contribution is 6.06. The molecule has 0 spiro atoms. The number of nitrogens with one attached hydrogen (secondary N) is 2. The van der Waals surface area contributed by atoms with Crippen molar-refractivity contribution >= 4 is 28.5 Å². The lowest BCUT2D eigenvalue weighted by Crippen LogP contribution is -2.39. The molecule has 3 aromatic rings. The maximum Gasteiger partial charge on any atom is 0.256 e. The van der Waals surface area contributed by atoms with E-state index >= 15 is 0 Å². The maximum atomic E-state index is 13.0. The van der Waals surface area contributed by atoms with Gasteiger partial charge in [-0.3, -0.25) is 9.59 Å². The number of para-hydroxylation sites is 1. The number of anilines is 1. The number of H-pyrrole nitrogens is 1. The van der Waals surface area contributed by atoms with Gasteiger partial charge in [-0.1, -0.05) is 18.2 Å². The SMILES string of the molecule is O=C(Nc1ccnn1C1CCN(C(=O)c2c[nH]c3ccccc23)CC1)C1CC1. The molecule has 2 aromatic heterocycles. The number of benzene rings is 1. The molecule has 2 fully saturated rings. The van der Waals surface area contributed by atoms with Crippen LogP contribution in [0.4, 0.5) is 5.82 Å². The fourth-order valence-corrected chi connectivity index (χ4v) is 4.01. The number of nitrogens with zero attached hydrogens (tertiary/aromatic N) is 3. The minimum Gasteiger partial charge on any atom is -0.360 e. The molecule has 1 aliphatic heterocycles. The molecule has 28 heavy (non-hydrogen) atoms. The summed E-state index contributed by atoms with van der Waals surface area (Å²) < 4.78 is 1.91. The highest BCUT2D eigenvalue weighted by Crippen LogP contribution is 2.31. The van der Waals surface area contributed by atoms with E-state index in [1.807, 2.05) is 39.9 Å². The summed E-state index contributed by atoms with van der Waals surface area (Å²) in [5.74, 6) is 1.09. The molecule has 1 aliphatic carbocycles. The first-order valence-electron chi connectivity index (χ1n) is 9.90. The van der Waals surface area contributed by atoms with Crippen molar-refractivity contribution < 1.29 is 9.59 Å². The van der Waals surface area contributed by atoms with Crippen LogP contribution in [-0.2, 0) is 4.79 Å². The summed E-state index contributed by atoms with van der Waals surface area (Å²) in [6, 6.07) is 9.91. The van der Waals surface area contributed by atoms with Gasteiger partial charge in [0, 0.05) is 42.2 Å². The minimum atomic E-state index is 0.0682. The number of rotatable bonds is 4. The summed E-state index contributed by atoms with van der Waals surface area (Å²) in [5.41, 5.74) is 1.71. The van der Waals surface area contributed by atoms with Gasteiger partial charge in [0.05, 0.1) is 17.8 Å². The zero-order valence-electron chi connectivity index (χ0n) is 15.6. The number of aromatic nitrogens is 3. The average molecular weight is 377 g/mol. The van der Waals surface area contributed by atoms with Crippen molar-refractivity contribution in [3.63, 3.8) is 0 Å². The third-order valence-electron chi connectivity index (χ3n) is 5.79. The Bertz CT molecular complexity index is 1020. The number of fused-ring (bicyclic) bond motifs is 1. The predicted octanol–water partition coefficient (Wildman–Crippen LogP) is 3.19. The third kappa shape index (κ3) is 3.06. The van der Waals surface area contributed by atoms with E-state index in [0.717, 1.165) is 48.0 Å². The number of aromatic amines is 1. The van der Waals surface area contributed by atoms with E-state index in [0.29, 0.717) is 13.1 Å². The molecular formula is C21H23N5O2. The number of carbonyl (C=O) groups excluding carboxylic acids is 2. The van der Waals surface area contributed by atoms with E-state index in [2.05, 4.69) is 15.4 Å². The molecular weight excluding hydrogens is 354 g/mol. The molecule has 0 radical (unpaired) electrons. The molecule has 7 nitrogen and oxygen atoms in total. The van der Waals surface area contributed by atoms with Gasteiger partial charge in [0.25, 0.3) is 5.91 Å². The molecule has 2 N–H and O–H groups in total. The van der Waals surface area contributed by atoms with Gasteiger partial charge < -0.3 is 15.2 Å². The second-order valence-electron chi connectivity index (χ2n) is 7.70. The van der Waals surface area contributed by atoms with E-state index < -0.39 is 0 Å². The van der Waals surface area contributed by atoms with Crippen molar-refractivity contribution in [2.24, 2.45) is 5.92 Å². The fraction of sp³-hybridized carbons (Fsp3) is 0.381. The van der Waals surface area contributed by atoms with E-state index in [4.69, 9.17) is 0 Å². The van der Waals surface area contributed by atoms with E-state index in [1.54, 1.807) is 12.4 Å². The van der Waals surface area contributed by atoms with Gasteiger partial charge in [-0.2, -0.15) is 5.10 Å². The zero-order valence-corrected chi connectivity index (χ0v) is 15.6. The van der Waals surface area contributed by atoms with Gasteiger partial charge in [0.1, 0.15) is 5.82 Å². The van der Waals surface area contributed by atoms with Gasteiger partial charge in [-0.25, -0.2) is 4.68 Å². The van der Waals surface area contributed by atoms with Crippen molar-refractivity contribution in [3.05, 3.63) is 48.3 Å². The van der Waals surface area contributed by atoms with Crippen LogP contribution in [-0.4, -0.2) is 44.6 Å². The second kappa shape index (κ2) is 6.82. The van der Waals surface area contributed by atoms with Gasteiger partial charge in [0.2, 0.25) is 5.91 Å². The Morgan fingerprint density at radius 3 is 2.64 bits per heavy atom. The monoisotopic (exact) mass is 377 g/mol. The number of piperidine rings is 1. The summed E-state index contributed by atoms with van der Waals surface area (Å²) in [5, 5.41) is 8.39. The first-order chi connectivity index (χ1) is 13.7. The number of likely N-dealkylation sites (tertiary alicyclic amines) is 1. The number of hydrogen-bond acceptors (Lipinski definition) is 3. The molecule has 2 aliphatic rings. The standard InChI is InChI=1S/C21H23N5O2/c27-20(14-5-6-14)24-19-7-10-23-26(19)15-8-11-25(12-9-15)21(28)17-13-22-18-4-2-1-3-16(17)18/h1-4,7,10,13-15,22H,5-6,8-9,11-12H2,(H,24,27). The predicted molar refractivity (Wildman–Crippen MR) is 106 cm³/mol. The van der Waals surface area contributed by atoms with E-state index in [-0.39, 0.29) is 23.8 Å². The Labute approximate surface area is 162 Å². The molecule has 2 amide bonds. The molecule has 1 saturated carbocycles. The summed E-state index contributed by atoms with van der Waals surface area (Å²) >= 11 is 0. The Morgan fingerprint density at radius 2 is 1.86 bits per heavy atom. The van der Waals surface area contributed by atoms with Crippen LogP contribution in [0.5, 0.6) is 0 Å². The van der Waals surface area contributed by atoms with E-state index in [1.165, 1.54) is 0 Å². The molecule has 1 saturated heterocycles. The van der Waals surface area contributed by atoms with Crippen LogP contribution in [0.1, 0.15) is 42.1 Å². The molecule has 144 valence electrons. The lowest BCUT2D eigenvalue weighted by Gasteiger charge is -2.32. The Hall–Kier alpha value is -3.09. The van der Waals surface area contributed by atoms with Gasteiger partial charge in [0.15, 0.2) is 0 Å². The molecule has 0 bridgehead atoms. The zero-order chi connectivity index (χ0) is 19.1. The van der Waals surface area contributed by atoms with Gasteiger partial charge in [-0.05, 0) is 31.7 Å². The Kier molecular flexibility index (Phi) is 4.15. The van der Waals surface area contributed by atoms with Crippen LogP contribution in [0.15, 0.2) is 42.7 Å². The molecule has 3 heterocycles. The van der Waals surface area contributed by atoms with Gasteiger partial charge >= 0.3 is 0 Å². The van der Waals surface area contributed by atoms with Crippen molar-refractivity contribution in [2.45, 2.75) is 31.7 Å². The minimum absolute atomic E-state index is 0.0682. The molecule has 0 unspecified atom stereocenters. The molecule has 5 rings (SSSR count). The van der Waals surface area contributed by atoms with Crippen LogP contribution in [0.2, 0.25) is 0 Å². The smallest absolute Gasteiger partial charge is 0.256 e. The summed E-state index contributed by atoms with van der Waals surface area (Å²) in [6.45, 7) is 1.36. The second-order valence-corrected chi connectivity index (χ2v) is 7.70. The van der Waals surface area contributed by atoms with Crippen molar-refractivity contribution in [1.29, 1.82) is 0 Å². The first-order valence-corrected chi connectivity index (χ1v) is 9.90. The lowest BCUT2D eigenvalue weighted by atomic mass is 10.0. The largest absolute Gasteiger partial charge is 0.360 e. The van der Waals surface area contributed by atoms with E-state index in [9.17, 15) is 9.59 Å². The molecule has 0 atom stereocenters. The van der Waals surface area contributed by atoms with Crippen LogP contribution < -0.4 is 5.32 Å². The summed E-state index contributed by atoms with van der Waals surface area (Å²) in [7, 11) is 0. The Morgan fingerprint density at radius 1 is 1.07 bits per heavy atom. The highest BCUT2D eigenvalue weighted by atomic mass is 16.2. The average Bonchev–Trinajstić information content (AvgIpc) is 3.34. The number of hydrogen-bond donors (Lipinski definition) is 2.